The van der Waals surface area contributed by atoms with E-state index in [2.05, 4.69) is 15.3 Å². The smallest absolute Gasteiger partial charge is 0.234 e. The second-order valence-corrected chi connectivity index (χ2v) is 6.38. The first kappa shape index (κ1) is 13.4. The van der Waals surface area contributed by atoms with Gasteiger partial charge in [0, 0.05) is 18.7 Å². The van der Waals surface area contributed by atoms with E-state index in [1.54, 1.807) is 10.8 Å². The Morgan fingerprint density at radius 2 is 1.95 bits per heavy atom. The summed E-state index contributed by atoms with van der Waals surface area (Å²) in [6.45, 7) is 1.81. The first-order chi connectivity index (χ1) is 10.8. The number of rotatable bonds is 3. The summed E-state index contributed by atoms with van der Waals surface area (Å²) in [5, 5.41) is 13.1. The van der Waals surface area contributed by atoms with E-state index in [1.165, 1.54) is 11.3 Å². The van der Waals surface area contributed by atoms with Gasteiger partial charge in [-0.05, 0) is 18.4 Å². The van der Waals surface area contributed by atoms with Gasteiger partial charge < -0.3 is 4.90 Å². The number of amides is 1. The molecule has 1 fully saturated rings. The highest BCUT2D eigenvalue weighted by molar-refractivity contribution is 7.19. The lowest BCUT2D eigenvalue weighted by Crippen LogP contribution is -2.28. The lowest BCUT2D eigenvalue weighted by Gasteiger charge is -2.15. The maximum absolute atomic E-state index is 12.1. The van der Waals surface area contributed by atoms with Crippen LogP contribution in [0.25, 0.3) is 15.5 Å². The van der Waals surface area contributed by atoms with Crippen LogP contribution >= 0.6 is 11.3 Å². The number of aromatic nitrogens is 4. The van der Waals surface area contributed by atoms with E-state index in [4.69, 9.17) is 0 Å². The van der Waals surface area contributed by atoms with Crippen molar-refractivity contribution < 1.29 is 4.79 Å². The molecule has 0 bridgehead atoms. The Morgan fingerprint density at radius 3 is 2.68 bits per heavy atom. The fraction of sp³-hybridized carbons (Fsp3) is 0.333. The molecule has 0 unspecified atom stereocenters. The molecule has 0 aliphatic carbocycles. The minimum absolute atomic E-state index is 0.226. The predicted octanol–water partition coefficient (Wildman–Crippen LogP) is 2.02. The fourth-order valence-corrected chi connectivity index (χ4v) is 3.52. The van der Waals surface area contributed by atoms with Crippen LogP contribution in [-0.2, 0) is 11.2 Å². The molecule has 1 aliphatic rings. The molecule has 2 aromatic heterocycles. The zero-order chi connectivity index (χ0) is 14.9. The van der Waals surface area contributed by atoms with E-state index in [0.717, 1.165) is 47.0 Å². The van der Waals surface area contributed by atoms with Crippen molar-refractivity contribution in [3.8, 4) is 10.6 Å². The second kappa shape index (κ2) is 5.49. The average molecular weight is 313 g/mol. The minimum Gasteiger partial charge on any atom is -0.342 e. The van der Waals surface area contributed by atoms with Gasteiger partial charge in [0.25, 0.3) is 0 Å². The van der Waals surface area contributed by atoms with Crippen LogP contribution in [0.2, 0.25) is 0 Å². The Bertz CT molecular complexity index is 772. The van der Waals surface area contributed by atoms with Crippen molar-refractivity contribution in [2.45, 2.75) is 19.3 Å². The fourth-order valence-electron chi connectivity index (χ4n) is 2.69. The Morgan fingerprint density at radius 1 is 1.18 bits per heavy atom. The topological polar surface area (TPSA) is 63.4 Å². The van der Waals surface area contributed by atoms with Gasteiger partial charge in [0.1, 0.15) is 11.3 Å². The van der Waals surface area contributed by atoms with Crippen LogP contribution in [0.3, 0.4) is 0 Å². The van der Waals surface area contributed by atoms with E-state index in [1.807, 2.05) is 29.2 Å². The molecule has 4 rings (SSSR count). The van der Waals surface area contributed by atoms with E-state index >= 15 is 0 Å². The monoisotopic (exact) mass is 313 g/mol. The van der Waals surface area contributed by atoms with Crippen molar-refractivity contribution in [2.24, 2.45) is 0 Å². The normalized spacial score (nSPS) is 14.8. The molecular weight excluding hydrogens is 298 g/mol. The average Bonchev–Trinajstić information content (AvgIpc) is 3.24. The third-order valence-corrected chi connectivity index (χ3v) is 4.86. The summed E-state index contributed by atoms with van der Waals surface area (Å²) in [6.07, 6.45) is 4.33. The molecule has 6 nitrogen and oxygen atoms in total. The lowest BCUT2D eigenvalue weighted by atomic mass is 10.1. The summed E-state index contributed by atoms with van der Waals surface area (Å²) >= 11 is 1.50. The summed E-state index contributed by atoms with van der Waals surface area (Å²) < 4.78 is 1.67. The van der Waals surface area contributed by atoms with E-state index in [9.17, 15) is 4.79 Å². The van der Waals surface area contributed by atoms with Crippen LogP contribution in [0.1, 0.15) is 18.4 Å². The maximum atomic E-state index is 12.1. The molecule has 1 aromatic carbocycles. The molecule has 0 saturated carbocycles. The van der Waals surface area contributed by atoms with Crippen LogP contribution in [0.15, 0.2) is 30.6 Å². The molecule has 1 aliphatic heterocycles. The molecule has 3 aromatic rings. The largest absolute Gasteiger partial charge is 0.342 e. The van der Waals surface area contributed by atoms with Gasteiger partial charge >= 0.3 is 0 Å². The Balaban J connectivity index is 1.50. The van der Waals surface area contributed by atoms with Crippen LogP contribution in [0.5, 0.6) is 0 Å². The molecule has 3 heterocycles. The quantitative estimate of drug-likeness (QED) is 0.742. The van der Waals surface area contributed by atoms with Crippen molar-refractivity contribution in [1.29, 1.82) is 0 Å². The molecule has 0 atom stereocenters. The predicted molar refractivity (Wildman–Crippen MR) is 83.6 cm³/mol. The summed E-state index contributed by atoms with van der Waals surface area (Å²) in [4.78, 5) is 14.9. The third-order valence-electron chi connectivity index (χ3n) is 3.90. The SMILES string of the molecule is O=C(Cc1ccc(-c2nn3cnnc3s2)cc1)N1CCCC1. The number of hydrogen-bond acceptors (Lipinski definition) is 5. The van der Waals surface area contributed by atoms with Crippen molar-refractivity contribution in [1.82, 2.24) is 24.7 Å². The van der Waals surface area contributed by atoms with Gasteiger partial charge in [-0.15, -0.1) is 10.2 Å². The molecule has 0 N–H and O–H groups in total. The number of fused-ring (bicyclic) bond motifs is 1. The van der Waals surface area contributed by atoms with Crippen LogP contribution in [0, 0.1) is 0 Å². The molecule has 22 heavy (non-hydrogen) atoms. The van der Waals surface area contributed by atoms with E-state index < -0.39 is 0 Å². The zero-order valence-electron chi connectivity index (χ0n) is 12.0. The molecule has 1 saturated heterocycles. The van der Waals surface area contributed by atoms with Crippen LogP contribution < -0.4 is 0 Å². The third kappa shape index (κ3) is 2.48. The molecule has 0 spiro atoms. The highest BCUT2D eigenvalue weighted by atomic mass is 32.1. The first-order valence-electron chi connectivity index (χ1n) is 7.33. The Kier molecular flexibility index (Phi) is 3.34. The molecular formula is C15H15N5OS. The summed E-state index contributed by atoms with van der Waals surface area (Å²) in [6, 6.07) is 8.04. The second-order valence-electron chi connectivity index (χ2n) is 5.43. The number of benzene rings is 1. The molecule has 1 amide bonds. The Hall–Kier alpha value is -2.28. The van der Waals surface area contributed by atoms with E-state index in [-0.39, 0.29) is 5.91 Å². The van der Waals surface area contributed by atoms with E-state index in [0.29, 0.717) is 6.42 Å². The van der Waals surface area contributed by atoms with Crippen molar-refractivity contribution in [2.75, 3.05) is 13.1 Å². The van der Waals surface area contributed by atoms with Gasteiger partial charge in [0.15, 0.2) is 0 Å². The van der Waals surface area contributed by atoms with Gasteiger partial charge in [-0.2, -0.15) is 9.61 Å². The Labute approximate surface area is 131 Å². The van der Waals surface area contributed by atoms with Gasteiger partial charge in [0.2, 0.25) is 10.9 Å². The lowest BCUT2D eigenvalue weighted by molar-refractivity contribution is -0.129. The first-order valence-corrected chi connectivity index (χ1v) is 8.15. The van der Waals surface area contributed by atoms with Gasteiger partial charge in [-0.3, -0.25) is 4.79 Å². The number of likely N-dealkylation sites (tertiary alicyclic amines) is 1. The number of carbonyl (C=O) groups is 1. The maximum Gasteiger partial charge on any atom is 0.234 e. The van der Waals surface area contributed by atoms with Crippen molar-refractivity contribution in [3.05, 3.63) is 36.2 Å². The number of carbonyl (C=O) groups excluding carboxylic acids is 1. The molecule has 0 radical (unpaired) electrons. The number of hydrogen-bond donors (Lipinski definition) is 0. The number of nitrogens with zero attached hydrogens (tertiary/aromatic N) is 5. The standard InChI is InChI=1S/C15H15N5OS/c21-13(19-7-1-2-8-19)9-11-3-5-12(6-4-11)14-18-20-10-16-17-15(20)22-14/h3-6,10H,1-2,7-9H2. The molecule has 7 heteroatoms. The summed E-state index contributed by atoms with van der Waals surface area (Å²) in [5.41, 5.74) is 2.08. The van der Waals surface area contributed by atoms with Gasteiger partial charge in [0.05, 0.1) is 6.42 Å². The highest BCUT2D eigenvalue weighted by Crippen LogP contribution is 2.25. The van der Waals surface area contributed by atoms with Crippen molar-refractivity contribution in [3.63, 3.8) is 0 Å². The summed E-state index contributed by atoms with van der Waals surface area (Å²) in [5.74, 6) is 0.226. The minimum atomic E-state index is 0.226. The van der Waals surface area contributed by atoms with Gasteiger partial charge in [-0.25, -0.2) is 0 Å². The summed E-state index contributed by atoms with van der Waals surface area (Å²) in [7, 11) is 0. The zero-order valence-corrected chi connectivity index (χ0v) is 12.8. The highest BCUT2D eigenvalue weighted by Gasteiger charge is 2.18. The van der Waals surface area contributed by atoms with Crippen LogP contribution in [-0.4, -0.2) is 43.7 Å². The molecule has 112 valence electrons. The van der Waals surface area contributed by atoms with Crippen LogP contribution in [0.4, 0.5) is 0 Å². The van der Waals surface area contributed by atoms with Gasteiger partial charge in [-0.1, -0.05) is 35.6 Å². The van der Waals surface area contributed by atoms with Crippen molar-refractivity contribution >= 4 is 22.2 Å².